The van der Waals surface area contributed by atoms with Crippen LogP contribution in [0.25, 0.3) is 0 Å². The first-order valence-electron chi connectivity index (χ1n) is 12.6. The molecule has 0 saturated carbocycles. The van der Waals surface area contributed by atoms with E-state index >= 15 is 8.78 Å². The molecule has 4 unspecified atom stereocenters. The lowest BCUT2D eigenvalue weighted by Crippen LogP contribution is -2.59. The van der Waals surface area contributed by atoms with Gasteiger partial charge in [-0.3, -0.25) is 9.69 Å². The molecule has 1 fully saturated rings. The summed E-state index contributed by atoms with van der Waals surface area (Å²) in [6.45, 7) is 4.67. The van der Waals surface area contributed by atoms with E-state index in [1.54, 1.807) is 0 Å². The van der Waals surface area contributed by atoms with Gasteiger partial charge in [-0.25, -0.2) is 22.6 Å². The number of carbonyl (C=O) groups excluding carboxylic acids is 1. The molecular formula is C28H27ClF4N4O3. The van der Waals surface area contributed by atoms with E-state index in [0.29, 0.717) is 25.3 Å². The zero-order valence-corrected chi connectivity index (χ0v) is 22.7. The lowest BCUT2D eigenvalue weighted by Gasteiger charge is -2.38. The minimum atomic E-state index is -1.77. The van der Waals surface area contributed by atoms with E-state index in [1.165, 1.54) is 25.1 Å². The van der Waals surface area contributed by atoms with Crippen molar-refractivity contribution < 1.29 is 31.5 Å². The van der Waals surface area contributed by atoms with E-state index in [9.17, 15) is 13.6 Å². The molecule has 0 bridgehead atoms. The van der Waals surface area contributed by atoms with Crippen LogP contribution in [0, 0.1) is 23.3 Å². The molecule has 0 spiro atoms. The summed E-state index contributed by atoms with van der Waals surface area (Å²) in [4.78, 5) is 16.2. The molecule has 0 aliphatic carbocycles. The number of ether oxygens (including phenoxy) is 1. The maximum absolute atomic E-state index is 15.2. The Balaban J connectivity index is 1.61. The van der Waals surface area contributed by atoms with E-state index in [0.717, 1.165) is 23.2 Å². The van der Waals surface area contributed by atoms with E-state index in [2.05, 4.69) is 15.3 Å². The fourth-order valence-corrected chi connectivity index (χ4v) is 5.26. The van der Waals surface area contributed by atoms with Gasteiger partial charge in [0.2, 0.25) is 5.91 Å². The number of hydrazone groups is 1. The molecule has 0 radical (unpaired) electrons. The number of anilines is 1. The minimum Gasteiger partial charge on any atom is -0.449 e. The Morgan fingerprint density at radius 3 is 2.42 bits per heavy atom. The third-order valence-corrected chi connectivity index (χ3v) is 7.68. The summed E-state index contributed by atoms with van der Waals surface area (Å²) in [7, 11) is 1.95. The Labute approximate surface area is 233 Å². The summed E-state index contributed by atoms with van der Waals surface area (Å²) in [5.74, 6) is -5.20. The highest BCUT2D eigenvalue weighted by molar-refractivity contribution is 6.28. The molecule has 12 heteroatoms. The molecule has 1 aromatic heterocycles. The molecule has 1 saturated heterocycles. The number of halogens is 5. The number of nitrogens with zero attached hydrogens (tertiary/aromatic N) is 3. The topological polar surface area (TPSA) is 70.3 Å². The highest BCUT2D eigenvalue weighted by Crippen LogP contribution is 2.46. The molecule has 212 valence electrons. The minimum absolute atomic E-state index is 0.00383. The van der Waals surface area contributed by atoms with Crippen molar-refractivity contribution in [2.45, 2.75) is 37.5 Å². The number of furan rings is 1. The van der Waals surface area contributed by atoms with Gasteiger partial charge in [0.05, 0.1) is 30.0 Å². The van der Waals surface area contributed by atoms with Crippen LogP contribution in [-0.2, 0) is 9.53 Å². The summed E-state index contributed by atoms with van der Waals surface area (Å²) in [5.41, 5.74) is -2.17. The quantitative estimate of drug-likeness (QED) is 0.413. The lowest BCUT2D eigenvalue weighted by atomic mass is 9.78. The zero-order valence-electron chi connectivity index (χ0n) is 21.9. The van der Waals surface area contributed by atoms with Crippen LogP contribution < -0.4 is 10.3 Å². The Hall–Kier alpha value is -3.41. The number of hydrogen-bond acceptors (Lipinski definition) is 6. The average molecular weight is 579 g/mol. The van der Waals surface area contributed by atoms with Gasteiger partial charge >= 0.3 is 0 Å². The van der Waals surface area contributed by atoms with Gasteiger partial charge in [-0.2, -0.15) is 5.10 Å². The Kier molecular flexibility index (Phi) is 7.64. The van der Waals surface area contributed by atoms with Gasteiger partial charge in [-0.15, -0.1) is 0 Å². The molecule has 2 aliphatic heterocycles. The molecule has 4 atom stereocenters. The monoisotopic (exact) mass is 578 g/mol. The van der Waals surface area contributed by atoms with Crippen LogP contribution in [0.2, 0.25) is 5.22 Å². The highest BCUT2D eigenvalue weighted by atomic mass is 35.5. The lowest BCUT2D eigenvalue weighted by molar-refractivity contribution is -0.127. The molecule has 2 aliphatic rings. The third kappa shape index (κ3) is 5.09. The maximum atomic E-state index is 15.2. The highest BCUT2D eigenvalue weighted by Gasteiger charge is 2.57. The molecule has 5 rings (SSSR count). The van der Waals surface area contributed by atoms with E-state index in [4.69, 9.17) is 20.8 Å². The van der Waals surface area contributed by atoms with Crippen molar-refractivity contribution in [2.24, 2.45) is 5.10 Å². The van der Waals surface area contributed by atoms with Crippen molar-refractivity contribution in [3.8, 4) is 0 Å². The summed E-state index contributed by atoms with van der Waals surface area (Å²) in [6.07, 6.45) is -0.322. The number of carbonyl (C=O) groups is 1. The molecule has 7 nitrogen and oxygen atoms in total. The zero-order chi connectivity index (χ0) is 28.8. The summed E-state index contributed by atoms with van der Waals surface area (Å²) in [5, 5.41) is 8.43. The second kappa shape index (κ2) is 10.9. The van der Waals surface area contributed by atoms with E-state index < -0.39 is 40.6 Å². The number of rotatable bonds is 6. The Morgan fingerprint density at radius 2 is 1.80 bits per heavy atom. The summed E-state index contributed by atoms with van der Waals surface area (Å²) in [6, 6.07) is 8.88. The molecule has 3 aromatic rings. The predicted molar refractivity (Wildman–Crippen MR) is 141 cm³/mol. The third-order valence-electron chi connectivity index (χ3n) is 7.47. The van der Waals surface area contributed by atoms with Crippen LogP contribution in [-0.4, -0.2) is 60.9 Å². The van der Waals surface area contributed by atoms with Crippen LogP contribution in [0.3, 0.4) is 0 Å². The van der Waals surface area contributed by atoms with E-state index in [1.807, 2.05) is 14.0 Å². The summed E-state index contributed by atoms with van der Waals surface area (Å²) < 4.78 is 69.5. The van der Waals surface area contributed by atoms with Crippen molar-refractivity contribution in [3.05, 3.63) is 88.3 Å². The molecular weight excluding hydrogens is 552 g/mol. The number of nitrogens with one attached hydrogen (secondary N) is 1. The van der Waals surface area contributed by atoms with Crippen LogP contribution in [0.5, 0.6) is 0 Å². The van der Waals surface area contributed by atoms with Crippen molar-refractivity contribution in [1.29, 1.82) is 0 Å². The Bertz CT molecular complexity index is 1470. The average Bonchev–Trinajstić information content (AvgIpc) is 3.45. The van der Waals surface area contributed by atoms with Gasteiger partial charge in [-0.1, -0.05) is 0 Å². The number of morpholine rings is 1. The van der Waals surface area contributed by atoms with Gasteiger partial charge in [0.15, 0.2) is 16.6 Å². The van der Waals surface area contributed by atoms with Gasteiger partial charge in [-0.05, 0) is 68.9 Å². The number of hydrogen-bond donors (Lipinski definition) is 1. The normalized spacial score (nSPS) is 25.2. The van der Waals surface area contributed by atoms with Crippen molar-refractivity contribution in [2.75, 3.05) is 31.8 Å². The van der Waals surface area contributed by atoms with Gasteiger partial charge in [0.1, 0.15) is 23.2 Å². The van der Waals surface area contributed by atoms with E-state index in [-0.39, 0.29) is 46.6 Å². The van der Waals surface area contributed by atoms with Crippen LogP contribution in [0.1, 0.15) is 31.1 Å². The molecule has 2 aromatic carbocycles. The van der Waals surface area contributed by atoms with Crippen LogP contribution in [0.4, 0.5) is 23.2 Å². The van der Waals surface area contributed by atoms with Gasteiger partial charge in [0.25, 0.3) is 0 Å². The Morgan fingerprint density at radius 1 is 1.10 bits per heavy atom. The number of amides is 1. The SMILES string of the molecule is CC1COC(CNC(=O)C2(C)C(c3ccc(Cl)o3)C(c3ccc(F)cc3F)=NN2c2ccc(F)cc2F)CN1C. The first kappa shape index (κ1) is 28.1. The molecule has 40 heavy (non-hydrogen) atoms. The number of benzene rings is 2. The predicted octanol–water partition coefficient (Wildman–Crippen LogP) is 5.09. The smallest absolute Gasteiger partial charge is 0.249 e. The first-order chi connectivity index (χ1) is 19.0. The van der Waals surface area contributed by atoms with Crippen LogP contribution in [0.15, 0.2) is 58.0 Å². The van der Waals surface area contributed by atoms with Crippen molar-refractivity contribution >= 4 is 28.9 Å². The van der Waals surface area contributed by atoms with Crippen LogP contribution >= 0.6 is 11.6 Å². The van der Waals surface area contributed by atoms with Gasteiger partial charge in [0, 0.05) is 36.8 Å². The van der Waals surface area contributed by atoms with Crippen molar-refractivity contribution in [3.63, 3.8) is 0 Å². The number of likely N-dealkylation sites (N-methyl/N-ethyl adjacent to an activating group) is 1. The fraction of sp³-hybridized carbons (Fsp3) is 0.357. The maximum Gasteiger partial charge on any atom is 0.249 e. The second-order valence-corrected chi connectivity index (χ2v) is 10.6. The standard InChI is InChI=1S/C28H27ClF4N4O3/c1-15-14-39-18(13-36(15)3)12-34-27(38)28(2)25(23-8-9-24(29)40-23)26(19-6-4-16(30)10-20(19)32)35-37(28)22-7-5-17(31)11-21(22)33/h4-11,15,18,25H,12-14H2,1-3H3,(H,34,38). The fourth-order valence-electron chi connectivity index (χ4n) is 5.11. The van der Waals surface area contributed by atoms with Crippen molar-refractivity contribution in [1.82, 2.24) is 10.2 Å². The summed E-state index contributed by atoms with van der Waals surface area (Å²) >= 11 is 6.07. The molecule has 1 amide bonds. The first-order valence-corrected chi connectivity index (χ1v) is 13.0. The molecule has 3 heterocycles. The second-order valence-electron chi connectivity index (χ2n) is 10.2. The molecule has 1 N–H and O–H groups in total. The van der Waals surface area contributed by atoms with Gasteiger partial charge < -0.3 is 14.5 Å². The largest absolute Gasteiger partial charge is 0.449 e.